The zero-order valence-electron chi connectivity index (χ0n) is 9.40. The van der Waals surface area contributed by atoms with Crippen LogP contribution in [0, 0.1) is 0 Å². The summed E-state index contributed by atoms with van der Waals surface area (Å²) in [4.78, 5) is 22.3. The first kappa shape index (κ1) is 11.4. The lowest BCUT2D eigenvalue weighted by Crippen LogP contribution is -2.30. The Kier molecular flexibility index (Phi) is 2.97. The van der Waals surface area contributed by atoms with E-state index in [9.17, 15) is 9.59 Å². The number of fused-ring (bicyclic) bond motifs is 1. The minimum absolute atomic E-state index is 0.217. The number of carbonyl (C=O) groups is 1. The third-order valence-corrected chi connectivity index (χ3v) is 2.66. The van der Waals surface area contributed by atoms with Crippen LogP contribution in [0.3, 0.4) is 0 Å². The van der Waals surface area contributed by atoms with Crippen LogP contribution in [0.1, 0.15) is 12.0 Å². The van der Waals surface area contributed by atoms with Gasteiger partial charge < -0.3 is 4.42 Å². The molecule has 2 aromatic rings. The molecule has 3 N–H and O–H groups in total. The Morgan fingerprint density at radius 2 is 2.29 bits per heavy atom. The van der Waals surface area contributed by atoms with Gasteiger partial charge in [-0.3, -0.25) is 14.8 Å². The molecule has 0 aliphatic carbocycles. The van der Waals surface area contributed by atoms with Gasteiger partial charge in [0.2, 0.25) is 5.91 Å². The van der Waals surface area contributed by atoms with Crippen LogP contribution < -0.4 is 17.0 Å². The van der Waals surface area contributed by atoms with Crippen LogP contribution in [0.5, 0.6) is 0 Å². The van der Waals surface area contributed by atoms with E-state index in [-0.39, 0.29) is 5.91 Å². The molecule has 6 nitrogen and oxygen atoms in total. The van der Waals surface area contributed by atoms with Gasteiger partial charge in [0.25, 0.3) is 0 Å². The molecule has 2 rings (SSSR count). The van der Waals surface area contributed by atoms with Crippen LogP contribution in [0.4, 0.5) is 0 Å². The molecule has 17 heavy (non-hydrogen) atoms. The molecule has 0 atom stereocenters. The van der Waals surface area contributed by atoms with Gasteiger partial charge in [-0.05, 0) is 24.1 Å². The number of hydrazine groups is 1. The summed E-state index contributed by atoms with van der Waals surface area (Å²) < 4.78 is 6.44. The summed E-state index contributed by atoms with van der Waals surface area (Å²) in [6.45, 7) is 0. The zero-order valence-corrected chi connectivity index (χ0v) is 9.40. The predicted octanol–water partition coefficient (Wildman–Crippen LogP) is 0.0540. The molecule has 0 spiro atoms. The number of nitrogens with zero attached hydrogens (tertiary/aromatic N) is 1. The summed E-state index contributed by atoms with van der Waals surface area (Å²) in [7, 11) is 1.64. The van der Waals surface area contributed by atoms with E-state index in [1.165, 1.54) is 4.57 Å². The Morgan fingerprint density at radius 3 is 3.00 bits per heavy atom. The van der Waals surface area contributed by atoms with E-state index in [0.717, 1.165) is 11.1 Å². The van der Waals surface area contributed by atoms with Gasteiger partial charge in [-0.2, -0.15) is 0 Å². The Balaban J connectivity index is 2.28. The molecule has 0 radical (unpaired) electrons. The molecule has 1 aromatic heterocycles. The number of amides is 1. The van der Waals surface area contributed by atoms with Crippen molar-refractivity contribution in [3.63, 3.8) is 0 Å². The first-order valence-electron chi connectivity index (χ1n) is 5.19. The molecule has 6 heteroatoms. The van der Waals surface area contributed by atoms with Crippen LogP contribution in [0.2, 0.25) is 0 Å². The van der Waals surface area contributed by atoms with Gasteiger partial charge >= 0.3 is 5.76 Å². The lowest BCUT2D eigenvalue weighted by molar-refractivity contribution is -0.121. The van der Waals surface area contributed by atoms with Crippen molar-refractivity contribution < 1.29 is 9.21 Å². The Bertz CT molecular complexity index is 612. The second-order valence-electron chi connectivity index (χ2n) is 3.80. The van der Waals surface area contributed by atoms with E-state index in [1.807, 2.05) is 12.1 Å². The number of oxazole rings is 1. The largest absolute Gasteiger partial charge is 0.419 e. The van der Waals surface area contributed by atoms with E-state index >= 15 is 0 Å². The fourth-order valence-electron chi connectivity index (χ4n) is 1.66. The second kappa shape index (κ2) is 4.42. The molecule has 0 saturated carbocycles. The van der Waals surface area contributed by atoms with E-state index < -0.39 is 5.76 Å². The summed E-state index contributed by atoms with van der Waals surface area (Å²) in [5, 5.41) is 0. The lowest BCUT2D eigenvalue weighted by Gasteiger charge is -2.01. The van der Waals surface area contributed by atoms with Crippen molar-refractivity contribution in [3.8, 4) is 0 Å². The van der Waals surface area contributed by atoms with Crippen LogP contribution in [0.15, 0.2) is 27.4 Å². The zero-order chi connectivity index (χ0) is 12.4. The number of aromatic nitrogens is 1. The number of rotatable bonds is 3. The van der Waals surface area contributed by atoms with Gasteiger partial charge in [0, 0.05) is 13.5 Å². The number of nitrogens with two attached hydrogens (primary N) is 1. The number of carbonyl (C=O) groups excluding carboxylic acids is 1. The highest BCUT2D eigenvalue weighted by molar-refractivity contribution is 5.76. The summed E-state index contributed by atoms with van der Waals surface area (Å²) in [6, 6.07) is 5.39. The lowest BCUT2D eigenvalue weighted by atomic mass is 10.1. The van der Waals surface area contributed by atoms with Gasteiger partial charge in [0.1, 0.15) is 0 Å². The van der Waals surface area contributed by atoms with Crippen molar-refractivity contribution in [3.05, 3.63) is 34.3 Å². The molecule has 1 amide bonds. The third-order valence-electron chi connectivity index (χ3n) is 2.66. The third kappa shape index (κ3) is 2.21. The Morgan fingerprint density at radius 1 is 1.53 bits per heavy atom. The van der Waals surface area contributed by atoms with Crippen molar-refractivity contribution in [1.29, 1.82) is 0 Å². The van der Waals surface area contributed by atoms with Crippen molar-refractivity contribution in [1.82, 2.24) is 9.99 Å². The number of hydrogen-bond acceptors (Lipinski definition) is 4. The maximum Gasteiger partial charge on any atom is 0.419 e. The second-order valence-corrected chi connectivity index (χ2v) is 3.80. The average molecular weight is 235 g/mol. The molecule has 0 fully saturated rings. The number of aryl methyl sites for hydroxylation is 2. The summed E-state index contributed by atoms with van der Waals surface area (Å²) in [5.41, 5.74) is 4.30. The van der Waals surface area contributed by atoms with Gasteiger partial charge in [0.15, 0.2) is 5.58 Å². The van der Waals surface area contributed by atoms with Crippen LogP contribution in [-0.2, 0) is 18.3 Å². The van der Waals surface area contributed by atoms with Crippen LogP contribution >= 0.6 is 0 Å². The SMILES string of the molecule is Cn1c(=O)oc2ccc(CCC(=O)NN)cc21. The number of nitrogens with one attached hydrogen (secondary N) is 1. The van der Waals surface area contributed by atoms with Crippen LogP contribution in [-0.4, -0.2) is 10.5 Å². The van der Waals surface area contributed by atoms with E-state index in [0.29, 0.717) is 18.4 Å². The molecule has 0 saturated heterocycles. The maximum absolute atomic E-state index is 11.3. The van der Waals surface area contributed by atoms with Gasteiger partial charge in [0.05, 0.1) is 5.52 Å². The molecular weight excluding hydrogens is 222 g/mol. The molecular formula is C11H13N3O3. The fraction of sp³-hybridized carbons (Fsp3) is 0.273. The molecule has 90 valence electrons. The van der Waals surface area contributed by atoms with Crippen molar-refractivity contribution in [2.75, 3.05) is 0 Å². The Hall–Kier alpha value is -2.08. The average Bonchev–Trinajstić information content (AvgIpc) is 2.62. The first-order valence-corrected chi connectivity index (χ1v) is 5.19. The standard InChI is InChI=1S/C11H13N3O3/c1-14-8-6-7(3-5-10(15)13-12)2-4-9(8)17-11(14)16/h2,4,6H,3,5,12H2,1H3,(H,13,15). The van der Waals surface area contributed by atoms with Crippen LogP contribution in [0.25, 0.3) is 11.1 Å². The van der Waals surface area contributed by atoms with Gasteiger partial charge in [-0.15, -0.1) is 0 Å². The van der Waals surface area contributed by atoms with E-state index in [1.54, 1.807) is 13.1 Å². The molecule has 0 unspecified atom stereocenters. The van der Waals surface area contributed by atoms with Crippen molar-refractivity contribution in [2.24, 2.45) is 12.9 Å². The van der Waals surface area contributed by atoms with E-state index in [2.05, 4.69) is 5.43 Å². The minimum Gasteiger partial charge on any atom is -0.408 e. The number of hydrogen-bond donors (Lipinski definition) is 2. The summed E-state index contributed by atoms with van der Waals surface area (Å²) in [5.74, 6) is 4.39. The minimum atomic E-state index is -0.392. The van der Waals surface area contributed by atoms with Gasteiger partial charge in [-0.1, -0.05) is 6.07 Å². The van der Waals surface area contributed by atoms with Crippen molar-refractivity contribution >= 4 is 17.0 Å². The molecule has 0 aliphatic rings. The molecule has 0 aliphatic heterocycles. The highest BCUT2D eigenvalue weighted by Crippen LogP contribution is 2.15. The topological polar surface area (TPSA) is 90.3 Å². The maximum atomic E-state index is 11.3. The fourth-order valence-corrected chi connectivity index (χ4v) is 1.66. The highest BCUT2D eigenvalue weighted by atomic mass is 16.4. The first-order chi connectivity index (χ1) is 8.11. The molecule has 1 heterocycles. The summed E-state index contributed by atoms with van der Waals surface area (Å²) >= 11 is 0. The molecule has 1 aromatic carbocycles. The Labute approximate surface area is 97.0 Å². The number of benzene rings is 1. The molecule has 0 bridgehead atoms. The van der Waals surface area contributed by atoms with Gasteiger partial charge in [-0.25, -0.2) is 10.6 Å². The smallest absolute Gasteiger partial charge is 0.408 e. The van der Waals surface area contributed by atoms with E-state index in [4.69, 9.17) is 10.3 Å². The van der Waals surface area contributed by atoms with Crippen molar-refractivity contribution in [2.45, 2.75) is 12.8 Å². The highest BCUT2D eigenvalue weighted by Gasteiger charge is 2.07. The quantitative estimate of drug-likeness (QED) is 0.447. The predicted molar refractivity (Wildman–Crippen MR) is 62.1 cm³/mol. The normalized spacial score (nSPS) is 10.7. The summed E-state index contributed by atoms with van der Waals surface area (Å²) in [6.07, 6.45) is 0.881. The monoisotopic (exact) mass is 235 g/mol.